The molecule has 0 aromatic heterocycles. The van der Waals surface area contributed by atoms with Gasteiger partial charge in [0.2, 0.25) is 0 Å². The highest BCUT2D eigenvalue weighted by molar-refractivity contribution is 7.98. The van der Waals surface area contributed by atoms with Gasteiger partial charge in [0.1, 0.15) is 24.6 Å². The molecule has 0 radical (unpaired) electrons. The Labute approximate surface area is 130 Å². The van der Waals surface area contributed by atoms with E-state index >= 15 is 0 Å². The van der Waals surface area contributed by atoms with Crippen LogP contribution >= 0.6 is 11.8 Å². The van der Waals surface area contributed by atoms with E-state index in [1.165, 1.54) is 16.0 Å². The Balaban J connectivity index is 1.93. The molecule has 0 spiro atoms. The smallest absolute Gasteiger partial charge is 0.123 e. The van der Waals surface area contributed by atoms with Gasteiger partial charge in [-0.15, -0.1) is 11.8 Å². The van der Waals surface area contributed by atoms with Gasteiger partial charge in [0.05, 0.1) is 14.2 Å². The lowest BCUT2D eigenvalue weighted by Crippen LogP contribution is -2.80. The quantitative estimate of drug-likeness (QED) is 0.799. The number of rotatable bonds is 7. The zero-order valence-electron chi connectivity index (χ0n) is 12.8. The zero-order valence-corrected chi connectivity index (χ0v) is 13.6. The van der Waals surface area contributed by atoms with Crippen LogP contribution < -0.4 is 14.8 Å². The number of quaternary nitrogens is 1. The highest BCUT2D eigenvalue weighted by Gasteiger charge is 2.04. The lowest BCUT2D eigenvalue weighted by atomic mass is 10.2. The Kier molecular flexibility index (Phi) is 5.96. The van der Waals surface area contributed by atoms with Crippen LogP contribution in [0.2, 0.25) is 0 Å². The van der Waals surface area contributed by atoms with Crippen molar-refractivity contribution in [2.24, 2.45) is 0 Å². The topological polar surface area (TPSA) is 35.1 Å². The molecule has 0 aliphatic carbocycles. The monoisotopic (exact) mass is 304 g/mol. The molecule has 2 aromatic rings. The van der Waals surface area contributed by atoms with Crippen molar-refractivity contribution in [3.63, 3.8) is 0 Å². The molecule has 0 aliphatic rings. The summed E-state index contributed by atoms with van der Waals surface area (Å²) in [7, 11) is 3.35. The molecule has 2 aromatic carbocycles. The molecule has 2 N–H and O–H groups in total. The molecule has 0 fully saturated rings. The average molecular weight is 304 g/mol. The van der Waals surface area contributed by atoms with Crippen molar-refractivity contribution < 1.29 is 14.8 Å². The van der Waals surface area contributed by atoms with E-state index < -0.39 is 0 Å². The normalized spacial score (nSPS) is 10.4. The lowest BCUT2D eigenvalue weighted by Gasteiger charge is -2.08. The van der Waals surface area contributed by atoms with Crippen LogP contribution in [0.3, 0.4) is 0 Å². The van der Waals surface area contributed by atoms with Gasteiger partial charge in [-0.3, -0.25) is 0 Å². The number of hydrogen-bond donors (Lipinski definition) is 1. The maximum Gasteiger partial charge on any atom is 0.123 e. The summed E-state index contributed by atoms with van der Waals surface area (Å²) in [6.07, 6.45) is 2.09. The lowest BCUT2D eigenvalue weighted by molar-refractivity contribution is -0.686. The second kappa shape index (κ2) is 7.96. The van der Waals surface area contributed by atoms with E-state index in [-0.39, 0.29) is 0 Å². The van der Waals surface area contributed by atoms with Crippen molar-refractivity contribution in [3.05, 3.63) is 53.6 Å². The molecular weight excluding hydrogens is 282 g/mol. The van der Waals surface area contributed by atoms with Crippen LogP contribution in [0.25, 0.3) is 0 Å². The zero-order chi connectivity index (χ0) is 15.1. The fourth-order valence-electron chi connectivity index (χ4n) is 2.15. The Morgan fingerprint density at radius 2 is 1.43 bits per heavy atom. The molecular formula is C17H22NO2S+. The van der Waals surface area contributed by atoms with Crippen LogP contribution in [0.4, 0.5) is 0 Å². The molecule has 112 valence electrons. The Morgan fingerprint density at radius 1 is 0.857 bits per heavy atom. The van der Waals surface area contributed by atoms with E-state index in [2.05, 4.69) is 48.0 Å². The van der Waals surface area contributed by atoms with Gasteiger partial charge >= 0.3 is 0 Å². The Bertz CT molecular complexity index is 547. The van der Waals surface area contributed by atoms with Crippen molar-refractivity contribution in [3.8, 4) is 11.5 Å². The summed E-state index contributed by atoms with van der Waals surface area (Å²) in [5, 5.41) is 2.28. The molecule has 4 heteroatoms. The van der Waals surface area contributed by atoms with Gasteiger partial charge in [-0.25, -0.2) is 0 Å². The third kappa shape index (κ3) is 4.69. The molecule has 0 aliphatic heterocycles. The number of ether oxygens (including phenoxy) is 2. The SMILES string of the molecule is COc1cc(C[NH2+]Cc2ccc(SC)cc2)cc(OC)c1. The molecule has 3 nitrogen and oxygen atoms in total. The summed E-state index contributed by atoms with van der Waals surface area (Å²) in [6, 6.07) is 14.7. The van der Waals surface area contributed by atoms with Gasteiger partial charge in [-0.2, -0.15) is 0 Å². The summed E-state index contributed by atoms with van der Waals surface area (Å²) in [6.45, 7) is 1.87. The molecule has 0 amide bonds. The van der Waals surface area contributed by atoms with Gasteiger partial charge in [0, 0.05) is 22.1 Å². The van der Waals surface area contributed by atoms with E-state index in [1.54, 1.807) is 26.0 Å². The molecule has 0 saturated carbocycles. The van der Waals surface area contributed by atoms with Crippen LogP contribution in [-0.2, 0) is 13.1 Å². The summed E-state index contributed by atoms with van der Waals surface area (Å²) in [4.78, 5) is 1.30. The van der Waals surface area contributed by atoms with Crippen LogP contribution in [0.5, 0.6) is 11.5 Å². The van der Waals surface area contributed by atoms with Gasteiger partial charge in [-0.05, 0) is 30.5 Å². The van der Waals surface area contributed by atoms with Crippen LogP contribution in [-0.4, -0.2) is 20.5 Å². The number of benzene rings is 2. The second-order valence-corrected chi connectivity index (χ2v) is 5.65. The third-order valence-electron chi connectivity index (χ3n) is 3.33. The van der Waals surface area contributed by atoms with Gasteiger partial charge < -0.3 is 14.8 Å². The van der Waals surface area contributed by atoms with Gasteiger partial charge in [0.25, 0.3) is 0 Å². The maximum absolute atomic E-state index is 5.29. The first kappa shape index (κ1) is 15.7. The van der Waals surface area contributed by atoms with E-state index in [1.807, 2.05) is 6.07 Å². The summed E-state index contributed by atoms with van der Waals surface area (Å²) in [5.74, 6) is 1.67. The fraction of sp³-hybridized carbons (Fsp3) is 0.294. The minimum atomic E-state index is 0.835. The van der Waals surface area contributed by atoms with Crippen molar-refractivity contribution in [1.29, 1.82) is 0 Å². The van der Waals surface area contributed by atoms with Crippen molar-refractivity contribution in [1.82, 2.24) is 0 Å². The molecule has 2 rings (SSSR count). The summed E-state index contributed by atoms with van der Waals surface area (Å²) in [5.41, 5.74) is 2.54. The van der Waals surface area contributed by atoms with E-state index in [0.717, 1.165) is 24.6 Å². The highest BCUT2D eigenvalue weighted by atomic mass is 32.2. The fourth-order valence-corrected chi connectivity index (χ4v) is 2.56. The maximum atomic E-state index is 5.29. The van der Waals surface area contributed by atoms with Crippen LogP contribution in [0, 0.1) is 0 Å². The standard InChI is InChI=1S/C17H21NO2S/c1-19-15-8-14(9-16(10-15)20-2)12-18-11-13-4-6-17(21-3)7-5-13/h4-10,18H,11-12H2,1-3H3/p+1. The minimum absolute atomic E-state index is 0.835. The van der Waals surface area contributed by atoms with Crippen LogP contribution in [0.15, 0.2) is 47.4 Å². The number of thioether (sulfide) groups is 1. The van der Waals surface area contributed by atoms with Crippen molar-refractivity contribution >= 4 is 11.8 Å². The van der Waals surface area contributed by atoms with Crippen molar-refractivity contribution in [2.45, 2.75) is 18.0 Å². The average Bonchev–Trinajstić information content (AvgIpc) is 2.55. The van der Waals surface area contributed by atoms with Crippen molar-refractivity contribution in [2.75, 3.05) is 20.5 Å². The predicted molar refractivity (Wildman–Crippen MR) is 87.1 cm³/mol. The molecule has 0 saturated heterocycles. The Hall–Kier alpha value is -1.65. The molecule has 0 atom stereocenters. The molecule has 0 heterocycles. The van der Waals surface area contributed by atoms with E-state index in [9.17, 15) is 0 Å². The number of hydrogen-bond acceptors (Lipinski definition) is 3. The van der Waals surface area contributed by atoms with E-state index in [0.29, 0.717) is 0 Å². The third-order valence-corrected chi connectivity index (χ3v) is 4.07. The first-order valence-corrected chi connectivity index (χ1v) is 8.14. The number of methoxy groups -OCH3 is 2. The predicted octanol–water partition coefficient (Wildman–Crippen LogP) is 2.69. The number of nitrogens with two attached hydrogens (primary N) is 1. The first-order valence-electron chi connectivity index (χ1n) is 6.91. The summed E-state index contributed by atoms with van der Waals surface area (Å²) >= 11 is 1.77. The summed E-state index contributed by atoms with van der Waals surface area (Å²) < 4.78 is 10.6. The first-order chi connectivity index (χ1) is 10.2. The molecule has 21 heavy (non-hydrogen) atoms. The molecule has 0 bridgehead atoms. The largest absolute Gasteiger partial charge is 0.497 e. The van der Waals surface area contributed by atoms with Gasteiger partial charge in [0.15, 0.2) is 0 Å². The van der Waals surface area contributed by atoms with Gasteiger partial charge in [-0.1, -0.05) is 12.1 Å². The van der Waals surface area contributed by atoms with Crippen LogP contribution in [0.1, 0.15) is 11.1 Å². The highest BCUT2D eigenvalue weighted by Crippen LogP contribution is 2.21. The van der Waals surface area contributed by atoms with E-state index in [4.69, 9.17) is 9.47 Å². The second-order valence-electron chi connectivity index (χ2n) is 4.77. The molecule has 0 unspecified atom stereocenters. The Morgan fingerprint density at radius 3 is 1.95 bits per heavy atom. The minimum Gasteiger partial charge on any atom is -0.497 e.